The molecule has 5 heteroatoms. The fourth-order valence-electron chi connectivity index (χ4n) is 3.08. The number of fused-ring (bicyclic) bond motifs is 1. The minimum atomic E-state index is -0.0927. The first-order valence-corrected chi connectivity index (χ1v) is 8.46. The van der Waals surface area contributed by atoms with Crippen LogP contribution in [-0.2, 0) is 12.8 Å². The van der Waals surface area contributed by atoms with Gasteiger partial charge in [0.15, 0.2) is 0 Å². The van der Waals surface area contributed by atoms with Gasteiger partial charge in [-0.1, -0.05) is 23.7 Å². The Balaban J connectivity index is 1.73. The Kier molecular flexibility index (Phi) is 4.44. The van der Waals surface area contributed by atoms with E-state index in [9.17, 15) is 4.79 Å². The van der Waals surface area contributed by atoms with Gasteiger partial charge in [0, 0.05) is 24.7 Å². The molecule has 1 aliphatic carbocycles. The zero-order valence-electron chi connectivity index (χ0n) is 13.8. The van der Waals surface area contributed by atoms with Gasteiger partial charge in [0.2, 0.25) is 0 Å². The van der Waals surface area contributed by atoms with E-state index in [4.69, 9.17) is 11.6 Å². The van der Waals surface area contributed by atoms with Crippen molar-refractivity contribution in [3.05, 3.63) is 51.8 Å². The molecule has 1 unspecified atom stereocenters. The Bertz CT molecular complexity index is 716. The van der Waals surface area contributed by atoms with Crippen LogP contribution >= 0.6 is 11.6 Å². The van der Waals surface area contributed by atoms with Crippen molar-refractivity contribution in [3.8, 4) is 0 Å². The second-order valence-electron chi connectivity index (χ2n) is 6.52. The molecule has 1 atom stereocenters. The summed E-state index contributed by atoms with van der Waals surface area (Å²) in [6.07, 6.45) is 4.81. The van der Waals surface area contributed by atoms with E-state index in [1.807, 2.05) is 23.7 Å². The number of amides is 1. The molecule has 1 aliphatic rings. The van der Waals surface area contributed by atoms with Crippen LogP contribution in [0.2, 0.25) is 5.02 Å². The number of carbonyl (C=O) groups is 1. The van der Waals surface area contributed by atoms with Crippen molar-refractivity contribution < 1.29 is 4.79 Å². The highest BCUT2D eigenvalue weighted by Crippen LogP contribution is 2.23. The molecule has 0 spiro atoms. The zero-order valence-corrected chi connectivity index (χ0v) is 14.5. The minimum absolute atomic E-state index is 0.0927. The van der Waals surface area contributed by atoms with E-state index in [1.54, 1.807) is 6.07 Å². The van der Waals surface area contributed by atoms with Gasteiger partial charge in [-0.15, -0.1) is 0 Å². The highest BCUT2D eigenvalue weighted by atomic mass is 35.5. The summed E-state index contributed by atoms with van der Waals surface area (Å²) < 4.78 is 2.01. The quantitative estimate of drug-likeness (QED) is 0.931. The number of halogens is 1. The van der Waals surface area contributed by atoms with E-state index >= 15 is 0 Å². The molecular weight excluding hydrogens is 310 g/mol. The summed E-state index contributed by atoms with van der Waals surface area (Å²) in [6.45, 7) is 6.15. The van der Waals surface area contributed by atoms with Gasteiger partial charge in [-0.3, -0.25) is 9.48 Å². The van der Waals surface area contributed by atoms with Crippen molar-refractivity contribution in [1.82, 2.24) is 15.1 Å². The predicted octanol–water partition coefficient (Wildman–Crippen LogP) is 3.71. The maximum absolute atomic E-state index is 12.6. The fourth-order valence-corrected chi connectivity index (χ4v) is 3.39. The molecule has 0 aliphatic heterocycles. The van der Waals surface area contributed by atoms with E-state index in [0.717, 1.165) is 30.5 Å². The molecule has 4 nitrogen and oxygen atoms in total. The summed E-state index contributed by atoms with van der Waals surface area (Å²) in [5.41, 5.74) is 3.88. The number of nitrogens with one attached hydrogen (secondary N) is 1. The summed E-state index contributed by atoms with van der Waals surface area (Å²) in [7, 11) is 0. The number of aromatic nitrogens is 2. The van der Waals surface area contributed by atoms with Gasteiger partial charge >= 0.3 is 0 Å². The highest BCUT2D eigenvalue weighted by molar-refractivity contribution is 6.34. The van der Waals surface area contributed by atoms with Crippen LogP contribution in [0.1, 0.15) is 53.5 Å². The molecule has 23 heavy (non-hydrogen) atoms. The molecule has 1 N–H and O–H groups in total. The van der Waals surface area contributed by atoms with E-state index in [0.29, 0.717) is 16.6 Å². The number of benzene rings is 1. The number of hydrogen-bond acceptors (Lipinski definition) is 2. The average molecular weight is 332 g/mol. The van der Waals surface area contributed by atoms with E-state index in [1.165, 1.54) is 5.56 Å². The third-order valence-electron chi connectivity index (χ3n) is 4.41. The van der Waals surface area contributed by atoms with Crippen molar-refractivity contribution in [2.75, 3.05) is 0 Å². The van der Waals surface area contributed by atoms with E-state index < -0.39 is 0 Å². The van der Waals surface area contributed by atoms with Crippen molar-refractivity contribution in [1.29, 1.82) is 0 Å². The molecule has 1 aromatic carbocycles. The van der Waals surface area contributed by atoms with E-state index in [2.05, 4.69) is 30.5 Å². The van der Waals surface area contributed by atoms with Crippen LogP contribution in [-0.4, -0.2) is 21.7 Å². The lowest BCUT2D eigenvalue weighted by molar-refractivity contribution is 0.0933. The molecule has 1 heterocycles. The molecule has 0 saturated heterocycles. The average Bonchev–Trinajstić information content (AvgIpc) is 2.90. The normalized spacial score (nSPS) is 17.2. The second kappa shape index (κ2) is 6.36. The summed E-state index contributed by atoms with van der Waals surface area (Å²) in [5, 5.41) is 8.28. The first kappa shape index (κ1) is 16.1. The smallest absolute Gasteiger partial charge is 0.253 e. The Morgan fingerprint density at radius 2 is 2.22 bits per heavy atom. The Hall–Kier alpha value is -1.81. The topological polar surface area (TPSA) is 46.9 Å². The highest BCUT2D eigenvalue weighted by Gasteiger charge is 2.25. The van der Waals surface area contributed by atoms with Crippen molar-refractivity contribution >= 4 is 17.5 Å². The maximum atomic E-state index is 12.6. The SMILES string of the molecule is Cc1cccc(Cl)c1C(=O)NC1CCc2cn(C(C)C)nc2C1. The fraction of sp³-hybridized carbons (Fsp3) is 0.444. The van der Waals surface area contributed by atoms with Crippen molar-refractivity contribution in [2.45, 2.75) is 52.1 Å². The molecule has 0 fully saturated rings. The molecule has 2 aromatic rings. The van der Waals surface area contributed by atoms with Crippen molar-refractivity contribution in [3.63, 3.8) is 0 Å². The van der Waals surface area contributed by atoms with Crippen LogP contribution in [0.3, 0.4) is 0 Å². The van der Waals surface area contributed by atoms with Gasteiger partial charge in [0.25, 0.3) is 5.91 Å². The number of hydrogen-bond donors (Lipinski definition) is 1. The Labute approximate surface area is 141 Å². The molecule has 0 saturated carbocycles. The first-order valence-electron chi connectivity index (χ1n) is 8.08. The van der Waals surface area contributed by atoms with Crippen LogP contribution in [0.5, 0.6) is 0 Å². The largest absolute Gasteiger partial charge is 0.349 e. The molecule has 1 amide bonds. The maximum Gasteiger partial charge on any atom is 0.253 e. The monoisotopic (exact) mass is 331 g/mol. The summed E-state index contributed by atoms with van der Waals surface area (Å²) in [5.74, 6) is -0.0927. The van der Waals surface area contributed by atoms with Gasteiger partial charge in [0.05, 0.1) is 16.3 Å². The van der Waals surface area contributed by atoms with Crippen LogP contribution in [0.15, 0.2) is 24.4 Å². The summed E-state index contributed by atoms with van der Waals surface area (Å²) in [6, 6.07) is 6.00. The third kappa shape index (κ3) is 3.27. The van der Waals surface area contributed by atoms with Crippen molar-refractivity contribution in [2.24, 2.45) is 0 Å². The van der Waals surface area contributed by atoms with Gasteiger partial charge in [-0.25, -0.2) is 0 Å². The zero-order chi connectivity index (χ0) is 16.6. The molecule has 0 bridgehead atoms. The number of nitrogens with zero attached hydrogens (tertiary/aromatic N) is 2. The molecule has 3 rings (SSSR count). The number of rotatable bonds is 3. The Morgan fingerprint density at radius 3 is 2.91 bits per heavy atom. The summed E-state index contributed by atoms with van der Waals surface area (Å²) in [4.78, 5) is 12.6. The Morgan fingerprint density at radius 1 is 1.43 bits per heavy atom. The molecular formula is C18H22ClN3O. The molecule has 0 radical (unpaired) electrons. The van der Waals surface area contributed by atoms with Crippen LogP contribution in [0, 0.1) is 6.92 Å². The van der Waals surface area contributed by atoms with Gasteiger partial charge in [-0.05, 0) is 50.8 Å². The standard InChI is InChI=1S/C18H22ClN3O/c1-11(2)22-10-13-7-8-14(9-16(13)21-22)20-18(23)17-12(3)5-4-6-15(17)19/h4-6,10-11,14H,7-9H2,1-3H3,(H,20,23). The van der Waals surface area contributed by atoms with Gasteiger partial charge in [-0.2, -0.15) is 5.10 Å². The number of carbonyl (C=O) groups excluding carboxylic acids is 1. The van der Waals surface area contributed by atoms with Gasteiger partial charge < -0.3 is 5.32 Å². The lowest BCUT2D eigenvalue weighted by Crippen LogP contribution is -2.39. The predicted molar refractivity (Wildman–Crippen MR) is 92.1 cm³/mol. The van der Waals surface area contributed by atoms with Gasteiger partial charge in [0.1, 0.15) is 0 Å². The second-order valence-corrected chi connectivity index (χ2v) is 6.93. The molecule has 122 valence electrons. The lowest BCUT2D eigenvalue weighted by Gasteiger charge is -2.23. The van der Waals surface area contributed by atoms with Crippen LogP contribution in [0.4, 0.5) is 0 Å². The van der Waals surface area contributed by atoms with Crippen LogP contribution in [0.25, 0.3) is 0 Å². The number of aryl methyl sites for hydroxylation is 2. The first-order chi connectivity index (χ1) is 11.0. The lowest BCUT2D eigenvalue weighted by atomic mass is 9.93. The molecule has 1 aromatic heterocycles. The third-order valence-corrected chi connectivity index (χ3v) is 4.73. The van der Waals surface area contributed by atoms with E-state index in [-0.39, 0.29) is 11.9 Å². The summed E-state index contributed by atoms with van der Waals surface area (Å²) >= 11 is 6.18. The minimum Gasteiger partial charge on any atom is -0.349 e. The van der Waals surface area contributed by atoms with Crippen LogP contribution < -0.4 is 5.32 Å².